The predicted octanol–water partition coefficient (Wildman–Crippen LogP) is 3.15. The molecule has 0 unspecified atom stereocenters. The van der Waals surface area contributed by atoms with Crippen molar-refractivity contribution in [1.29, 1.82) is 0 Å². The lowest BCUT2D eigenvalue weighted by Gasteiger charge is -2.03. The first kappa shape index (κ1) is 13.7. The van der Waals surface area contributed by atoms with Crippen LogP contribution in [0.15, 0.2) is 47.4 Å². The van der Waals surface area contributed by atoms with E-state index in [4.69, 9.17) is 5.14 Å². The molecule has 0 atom stereocenters. The molecule has 2 aromatic carbocycles. The van der Waals surface area contributed by atoms with Crippen LogP contribution in [0.25, 0.3) is 22.2 Å². The minimum Gasteiger partial charge on any atom is -0.326 e. The van der Waals surface area contributed by atoms with E-state index >= 15 is 0 Å². The van der Waals surface area contributed by atoms with Crippen molar-refractivity contribution in [3.63, 3.8) is 0 Å². The van der Waals surface area contributed by atoms with E-state index in [2.05, 4.69) is 15.5 Å². The number of nitrogens with one attached hydrogen (secondary N) is 2. The fraction of sp³-hybridized carbons (Fsp3) is 0.0667. The van der Waals surface area contributed by atoms with E-state index in [0.717, 1.165) is 32.7 Å². The van der Waals surface area contributed by atoms with Gasteiger partial charge in [0, 0.05) is 28.5 Å². The number of hydrogen-bond acceptors (Lipinski definition) is 4. The molecule has 0 aliphatic carbocycles. The Bertz CT molecular complexity index is 812. The summed E-state index contributed by atoms with van der Waals surface area (Å²) < 4.78 is 0. The largest absolute Gasteiger partial charge is 0.326 e. The number of fused-ring (bicyclic) bond motifs is 1. The molecule has 0 aliphatic heterocycles. The standard InChI is InChI=1S/C15H14N4OS/c1-9(20)17-11-5-6-14-13(8-11)15(19-18-14)10-3-2-4-12(7-10)21-16/h2-8H,16H2,1H3,(H,17,20)(H,18,19). The van der Waals surface area contributed by atoms with Crippen molar-refractivity contribution in [2.24, 2.45) is 5.14 Å². The molecule has 0 fully saturated rings. The Kier molecular flexibility index (Phi) is 3.64. The highest BCUT2D eigenvalue weighted by Gasteiger charge is 2.10. The second-order valence-corrected chi connectivity index (χ2v) is 5.37. The Hall–Kier alpha value is -2.31. The number of nitrogens with two attached hydrogens (primary N) is 1. The monoisotopic (exact) mass is 298 g/mol. The summed E-state index contributed by atoms with van der Waals surface area (Å²) in [4.78, 5) is 12.1. The number of aromatic amines is 1. The molecule has 0 bridgehead atoms. The van der Waals surface area contributed by atoms with Gasteiger partial charge in [-0.2, -0.15) is 5.10 Å². The minimum atomic E-state index is -0.0964. The van der Waals surface area contributed by atoms with Crippen LogP contribution in [0.3, 0.4) is 0 Å². The highest BCUT2D eigenvalue weighted by Crippen LogP contribution is 2.30. The van der Waals surface area contributed by atoms with E-state index in [1.165, 1.54) is 18.9 Å². The molecule has 0 aliphatic rings. The van der Waals surface area contributed by atoms with Gasteiger partial charge < -0.3 is 5.32 Å². The van der Waals surface area contributed by atoms with Crippen LogP contribution in [-0.2, 0) is 4.79 Å². The molecule has 6 heteroatoms. The molecule has 1 amide bonds. The quantitative estimate of drug-likeness (QED) is 0.649. The number of benzene rings is 2. The summed E-state index contributed by atoms with van der Waals surface area (Å²) in [5.74, 6) is -0.0964. The Morgan fingerprint density at radius 3 is 2.90 bits per heavy atom. The highest BCUT2D eigenvalue weighted by molar-refractivity contribution is 7.97. The molecule has 0 radical (unpaired) electrons. The number of nitrogens with zero attached hydrogens (tertiary/aromatic N) is 1. The summed E-state index contributed by atoms with van der Waals surface area (Å²) in [6.45, 7) is 1.49. The molecule has 0 spiro atoms. The lowest BCUT2D eigenvalue weighted by Crippen LogP contribution is -2.05. The number of H-pyrrole nitrogens is 1. The molecule has 3 aromatic rings. The third-order valence-corrected chi connectivity index (χ3v) is 3.65. The van der Waals surface area contributed by atoms with Crippen molar-refractivity contribution in [1.82, 2.24) is 10.2 Å². The van der Waals surface area contributed by atoms with Gasteiger partial charge in [-0.15, -0.1) is 0 Å². The van der Waals surface area contributed by atoms with E-state index < -0.39 is 0 Å². The Labute approximate surface area is 126 Å². The number of aromatic nitrogens is 2. The third-order valence-electron chi connectivity index (χ3n) is 3.13. The SMILES string of the molecule is CC(=O)Nc1ccc2[nH]nc(-c3cccc(SN)c3)c2c1. The molecule has 4 N–H and O–H groups in total. The number of amides is 1. The normalized spacial score (nSPS) is 10.8. The maximum Gasteiger partial charge on any atom is 0.221 e. The maximum absolute atomic E-state index is 11.2. The Morgan fingerprint density at radius 2 is 2.14 bits per heavy atom. The highest BCUT2D eigenvalue weighted by atomic mass is 32.2. The van der Waals surface area contributed by atoms with Crippen molar-refractivity contribution in [3.8, 4) is 11.3 Å². The summed E-state index contributed by atoms with van der Waals surface area (Å²) in [5.41, 5.74) is 3.50. The lowest BCUT2D eigenvalue weighted by atomic mass is 10.1. The second-order valence-electron chi connectivity index (χ2n) is 4.66. The van der Waals surface area contributed by atoms with Crippen LogP contribution in [0, 0.1) is 0 Å². The van der Waals surface area contributed by atoms with Crippen molar-refractivity contribution >= 4 is 34.4 Å². The van der Waals surface area contributed by atoms with E-state index in [1.807, 2.05) is 42.5 Å². The van der Waals surface area contributed by atoms with Gasteiger partial charge in [0.1, 0.15) is 5.69 Å². The van der Waals surface area contributed by atoms with Crippen LogP contribution in [-0.4, -0.2) is 16.1 Å². The van der Waals surface area contributed by atoms with Gasteiger partial charge in [0.25, 0.3) is 0 Å². The zero-order valence-corrected chi connectivity index (χ0v) is 12.2. The van der Waals surface area contributed by atoms with Crippen molar-refractivity contribution in [3.05, 3.63) is 42.5 Å². The minimum absolute atomic E-state index is 0.0964. The number of carbonyl (C=O) groups excluding carboxylic acids is 1. The molecular weight excluding hydrogens is 284 g/mol. The summed E-state index contributed by atoms with van der Waals surface area (Å²) in [6, 6.07) is 13.5. The van der Waals surface area contributed by atoms with Crippen LogP contribution in [0.1, 0.15) is 6.92 Å². The molecule has 1 heterocycles. The molecule has 21 heavy (non-hydrogen) atoms. The van der Waals surface area contributed by atoms with Gasteiger partial charge >= 0.3 is 0 Å². The first-order valence-electron chi connectivity index (χ1n) is 6.40. The van der Waals surface area contributed by atoms with Crippen LogP contribution in [0.2, 0.25) is 0 Å². The predicted molar refractivity (Wildman–Crippen MR) is 85.9 cm³/mol. The topological polar surface area (TPSA) is 83.8 Å². The number of carbonyl (C=O) groups is 1. The van der Waals surface area contributed by atoms with E-state index in [0.29, 0.717) is 0 Å². The van der Waals surface area contributed by atoms with Gasteiger partial charge in [0.15, 0.2) is 0 Å². The summed E-state index contributed by atoms with van der Waals surface area (Å²) in [7, 11) is 0. The Balaban J connectivity index is 2.11. The number of anilines is 1. The first-order valence-corrected chi connectivity index (χ1v) is 7.28. The van der Waals surface area contributed by atoms with Crippen LogP contribution >= 0.6 is 11.9 Å². The second kappa shape index (κ2) is 5.59. The van der Waals surface area contributed by atoms with Crippen molar-refractivity contribution < 1.29 is 4.79 Å². The van der Waals surface area contributed by atoms with E-state index in [-0.39, 0.29) is 5.91 Å². The van der Waals surface area contributed by atoms with Gasteiger partial charge in [-0.25, -0.2) is 0 Å². The molecule has 1 aromatic heterocycles. The maximum atomic E-state index is 11.2. The molecule has 0 saturated heterocycles. The van der Waals surface area contributed by atoms with E-state index in [1.54, 1.807) is 0 Å². The van der Waals surface area contributed by atoms with E-state index in [9.17, 15) is 4.79 Å². The molecule has 5 nitrogen and oxygen atoms in total. The van der Waals surface area contributed by atoms with Crippen LogP contribution in [0.4, 0.5) is 5.69 Å². The van der Waals surface area contributed by atoms with Gasteiger partial charge in [-0.1, -0.05) is 12.1 Å². The van der Waals surface area contributed by atoms with Gasteiger partial charge in [-0.3, -0.25) is 15.0 Å². The average Bonchev–Trinajstić information content (AvgIpc) is 2.90. The number of hydrogen-bond donors (Lipinski definition) is 3. The summed E-state index contributed by atoms with van der Waals surface area (Å²) >= 11 is 1.20. The van der Waals surface area contributed by atoms with Gasteiger partial charge in [0.05, 0.1) is 5.52 Å². The van der Waals surface area contributed by atoms with Gasteiger partial charge in [-0.05, 0) is 42.3 Å². The van der Waals surface area contributed by atoms with Crippen molar-refractivity contribution in [2.75, 3.05) is 5.32 Å². The van der Waals surface area contributed by atoms with Gasteiger partial charge in [0.2, 0.25) is 5.91 Å². The summed E-state index contributed by atoms with van der Waals surface area (Å²) in [6.07, 6.45) is 0. The lowest BCUT2D eigenvalue weighted by molar-refractivity contribution is -0.114. The first-order chi connectivity index (χ1) is 10.2. The number of rotatable bonds is 3. The average molecular weight is 298 g/mol. The smallest absolute Gasteiger partial charge is 0.221 e. The fourth-order valence-corrected chi connectivity index (χ4v) is 2.58. The van der Waals surface area contributed by atoms with Crippen molar-refractivity contribution in [2.45, 2.75) is 11.8 Å². The zero-order chi connectivity index (χ0) is 14.8. The summed E-state index contributed by atoms with van der Waals surface area (Å²) in [5, 5.41) is 16.7. The molecular formula is C15H14N4OS. The zero-order valence-electron chi connectivity index (χ0n) is 11.4. The molecule has 106 valence electrons. The fourth-order valence-electron chi connectivity index (χ4n) is 2.23. The Morgan fingerprint density at radius 1 is 1.29 bits per heavy atom. The molecule has 0 saturated carbocycles. The van der Waals surface area contributed by atoms with Crippen LogP contribution in [0.5, 0.6) is 0 Å². The van der Waals surface area contributed by atoms with Crippen LogP contribution < -0.4 is 10.5 Å². The third kappa shape index (κ3) is 2.76. The molecule has 3 rings (SSSR count).